The van der Waals surface area contributed by atoms with Crippen LogP contribution in [0, 0.1) is 5.92 Å². The zero-order chi connectivity index (χ0) is 14.8. The summed E-state index contributed by atoms with van der Waals surface area (Å²) in [6.07, 6.45) is 11.2. The van der Waals surface area contributed by atoms with E-state index in [-0.39, 0.29) is 5.54 Å². The molecule has 2 nitrogen and oxygen atoms in total. The maximum Gasteiger partial charge on any atom is 0.00965 e. The first-order chi connectivity index (χ1) is 9.51. The van der Waals surface area contributed by atoms with Gasteiger partial charge in [0.1, 0.15) is 0 Å². The maximum absolute atomic E-state index is 3.57. The topological polar surface area (TPSA) is 15.3 Å². The van der Waals surface area contributed by atoms with Crippen molar-refractivity contribution in [3.05, 3.63) is 0 Å². The minimum atomic E-state index is 0.281. The van der Waals surface area contributed by atoms with E-state index in [1.165, 1.54) is 77.5 Å². The average molecular weight is 283 g/mol. The second-order valence-electron chi connectivity index (χ2n) is 7.66. The van der Waals surface area contributed by atoms with E-state index in [1.54, 1.807) is 0 Å². The lowest BCUT2D eigenvalue weighted by atomic mass is 9.92. The number of hydrogen-bond donors (Lipinski definition) is 1. The number of rotatable bonds is 9. The van der Waals surface area contributed by atoms with E-state index in [0.29, 0.717) is 0 Å². The minimum Gasteiger partial charge on any atom is -0.312 e. The van der Waals surface area contributed by atoms with Gasteiger partial charge in [-0.1, -0.05) is 32.6 Å². The van der Waals surface area contributed by atoms with E-state index in [2.05, 4.69) is 37.9 Å². The monoisotopic (exact) mass is 282 g/mol. The van der Waals surface area contributed by atoms with Gasteiger partial charge in [0.25, 0.3) is 0 Å². The molecule has 0 bridgehead atoms. The number of nitrogens with one attached hydrogen (secondary N) is 1. The van der Waals surface area contributed by atoms with Crippen LogP contribution >= 0.6 is 0 Å². The molecule has 20 heavy (non-hydrogen) atoms. The Morgan fingerprint density at radius 1 is 1.00 bits per heavy atom. The molecule has 0 spiro atoms. The predicted molar refractivity (Wildman–Crippen MR) is 90.3 cm³/mol. The lowest BCUT2D eigenvalue weighted by molar-refractivity contribution is 0.175. The van der Waals surface area contributed by atoms with Crippen LogP contribution in [0.25, 0.3) is 0 Å². The molecule has 0 saturated carbocycles. The van der Waals surface area contributed by atoms with E-state index in [0.717, 1.165) is 5.92 Å². The summed E-state index contributed by atoms with van der Waals surface area (Å²) >= 11 is 0. The normalized spacial score (nSPS) is 18.6. The van der Waals surface area contributed by atoms with Gasteiger partial charge in [0.2, 0.25) is 0 Å². The molecule has 2 heteroatoms. The second-order valence-corrected chi connectivity index (χ2v) is 7.66. The molecule has 1 heterocycles. The van der Waals surface area contributed by atoms with Crippen molar-refractivity contribution in [3.63, 3.8) is 0 Å². The third-order valence-corrected chi connectivity index (χ3v) is 4.46. The van der Waals surface area contributed by atoms with Crippen molar-refractivity contribution in [1.82, 2.24) is 10.2 Å². The molecule has 0 aromatic heterocycles. The predicted octanol–water partition coefficient (Wildman–Crippen LogP) is 4.45. The molecular formula is C18H38N2. The van der Waals surface area contributed by atoms with E-state index in [9.17, 15) is 0 Å². The molecule has 1 aliphatic rings. The molecule has 0 aromatic rings. The van der Waals surface area contributed by atoms with Gasteiger partial charge in [-0.2, -0.15) is 0 Å². The second kappa shape index (κ2) is 9.78. The largest absolute Gasteiger partial charge is 0.312 e. The molecule has 0 atom stereocenters. The smallest absolute Gasteiger partial charge is 0.00965 e. The third kappa shape index (κ3) is 8.97. The van der Waals surface area contributed by atoms with Crippen LogP contribution in [-0.2, 0) is 0 Å². The molecule has 0 unspecified atom stereocenters. The Bertz CT molecular complexity index is 224. The molecule has 0 aliphatic carbocycles. The van der Waals surface area contributed by atoms with Crippen LogP contribution < -0.4 is 5.32 Å². The number of piperidine rings is 1. The van der Waals surface area contributed by atoms with E-state index in [4.69, 9.17) is 0 Å². The quantitative estimate of drug-likeness (QED) is 0.629. The van der Waals surface area contributed by atoms with Crippen LogP contribution in [0.2, 0.25) is 0 Å². The van der Waals surface area contributed by atoms with E-state index in [1.807, 2.05) is 0 Å². The van der Waals surface area contributed by atoms with Gasteiger partial charge in [-0.25, -0.2) is 0 Å². The van der Waals surface area contributed by atoms with Crippen LogP contribution in [0.4, 0.5) is 0 Å². The Balaban J connectivity index is 1.90. The summed E-state index contributed by atoms with van der Waals surface area (Å²) in [7, 11) is 0. The summed E-state index contributed by atoms with van der Waals surface area (Å²) in [6.45, 7) is 14.3. The third-order valence-electron chi connectivity index (χ3n) is 4.46. The lowest BCUT2D eigenvalue weighted by Crippen LogP contribution is -2.36. The van der Waals surface area contributed by atoms with Crippen LogP contribution in [0.15, 0.2) is 0 Å². The van der Waals surface area contributed by atoms with Crippen LogP contribution in [0.1, 0.15) is 79.1 Å². The molecule has 0 radical (unpaired) electrons. The minimum absolute atomic E-state index is 0.281. The average Bonchev–Trinajstić information content (AvgIpc) is 2.38. The number of unbranched alkanes of at least 4 members (excludes halogenated alkanes) is 3. The molecule has 0 amide bonds. The lowest BCUT2D eigenvalue weighted by Gasteiger charge is -2.31. The Kier molecular flexibility index (Phi) is 8.79. The van der Waals surface area contributed by atoms with Gasteiger partial charge in [0.05, 0.1) is 0 Å². The summed E-state index contributed by atoms with van der Waals surface area (Å²) < 4.78 is 0. The summed E-state index contributed by atoms with van der Waals surface area (Å²) in [6, 6.07) is 0. The highest BCUT2D eigenvalue weighted by Gasteiger charge is 2.17. The molecule has 1 aliphatic heterocycles. The van der Waals surface area contributed by atoms with Crippen LogP contribution in [0.3, 0.4) is 0 Å². The van der Waals surface area contributed by atoms with Gasteiger partial charge in [-0.05, 0) is 78.6 Å². The van der Waals surface area contributed by atoms with E-state index < -0.39 is 0 Å². The maximum atomic E-state index is 3.57. The Labute approximate surface area is 127 Å². The molecule has 1 N–H and O–H groups in total. The number of nitrogens with zero attached hydrogens (tertiary/aromatic N) is 1. The molecular weight excluding hydrogens is 244 g/mol. The highest BCUT2D eigenvalue weighted by atomic mass is 15.1. The highest BCUT2D eigenvalue weighted by molar-refractivity contribution is 4.72. The SMILES string of the molecule is CCCC1CCN(CCCCCCNC(C)(C)C)CC1. The van der Waals surface area contributed by atoms with Crippen molar-refractivity contribution in [3.8, 4) is 0 Å². The van der Waals surface area contributed by atoms with Crippen molar-refractivity contribution in [2.45, 2.75) is 84.6 Å². The van der Waals surface area contributed by atoms with Gasteiger partial charge < -0.3 is 10.2 Å². The van der Waals surface area contributed by atoms with Crippen molar-refractivity contribution in [2.75, 3.05) is 26.2 Å². The van der Waals surface area contributed by atoms with Gasteiger partial charge in [0.15, 0.2) is 0 Å². The molecule has 120 valence electrons. The Hall–Kier alpha value is -0.0800. The van der Waals surface area contributed by atoms with Crippen molar-refractivity contribution >= 4 is 0 Å². The van der Waals surface area contributed by atoms with Gasteiger partial charge in [0, 0.05) is 5.54 Å². The van der Waals surface area contributed by atoms with Crippen molar-refractivity contribution in [1.29, 1.82) is 0 Å². The first kappa shape index (κ1) is 18.0. The zero-order valence-corrected chi connectivity index (χ0v) is 14.5. The highest BCUT2D eigenvalue weighted by Crippen LogP contribution is 2.21. The van der Waals surface area contributed by atoms with E-state index >= 15 is 0 Å². The fraction of sp³-hybridized carbons (Fsp3) is 1.00. The fourth-order valence-electron chi connectivity index (χ4n) is 3.18. The molecule has 1 saturated heterocycles. The first-order valence-corrected chi connectivity index (χ1v) is 8.98. The van der Waals surface area contributed by atoms with Gasteiger partial charge in [-0.15, -0.1) is 0 Å². The summed E-state index contributed by atoms with van der Waals surface area (Å²) in [5.74, 6) is 1.03. The standard InChI is InChI=1S/C18H38N2/c1-5-10-17-11-15-20(16-12-17)14-9-7-6-8-13-19-18(2,3)4/h17,19H,5-16H2,1-4H3. The molecule has 1 fully saturated rings. The fourth-order valence-corrected chi connectivity index (χ4v) is 3.18. The summed E-state index contributed by atoms with van der Waals surface area (Å²) in [5, 5.41) is 3.57. The van der Waals surface area contributed by atoms with Crippen LogP contribution in [-0.4, -0.2) is 36.6 Å². The summed E-state index contributed by atoms with van der Waals surface area (Å²) in [5.41, 5.74) is 0.281. The van der Waals surface area contributed by atoms with Crippen molar-refractivity contribution in [2.24, 2.45) is 5.92 Å². The first-order valence-electron chi connectivity index (χ1n) is 8.98. The molecule has 1 rings (SSSR count). The number of likely N-dealkylation sites (tertiary alicyclic amines) is 1. The van der Waals surface area contributed by atoms with Gasteiger partial charge >= 0.3 is 0 Å². The summed E-state index contributed by atoms with van der Waals surface area (Å²) in [4.78, 5) is 2.69. The molecule has 0 aromatic carbocycles. The Morgan fingerprint density at radius 2 is 1.65 bits per heavy atom. The Morgan fingerprint density at radius 3 is 2.25 bits per heavy atom. The number of hydrogen-bond acceptors (Lipinski definition) is 2. The van der Waals surface area contributed by atoms with Crippen molar-refractivity contribution < 1.29 is 0 Å². The van der Waals surface area contributed by atoms with Gasteiger partial charge in [-0.3, -0.25) is 0 Å². The van der Waals surface area contributed by atoms with Crippen LogP contribution in [0.5, 0.6) is 0 Å². The zero-order valence-electron chi connectivity index (χ0n) is 14.5.